The summed E-state index contributed by atoms with van der Waals surface area (Å²) in [7, 11) is 1.62. The van der Waals surface area contributed by atoms with Gasteiger partial charge in [-0.3, -0.25) is 10.1 Å². The number of hydrogen-bond donors (Lipinski definition) is 2. The number of nitrogens with zero attached hydrogens (tertiary/aromatic N) is 1. The van der Waals surface area contributed by atoms with E-state index in [1.807, 2.05) is 53.8 Å². The third-order valence-corrected chi connectivity index (χ3v) is 5.43. The molecule has 0 fully saturated rings. The van der Waals surface area contributed by atoms with Gasteiger partial charge in [-0.25, -0.2) is 14.6 Å². The van der Waals surface area contributed by atoms with Crippen molar-refractivity contribution in [1.29, 1.82) is 0 Å². The van der Waals surface area contributed by atoms with Gasteiger partial charge in [-0.2, -0.15) is 0 Å². The standard InChI is InChI=1S/C25H23N3O5/c1-32-17-11-9-15(10-12-17)13-16-5-4-7-19-22(24(30)33-14-21(29)28-25(26)31)18-6-2-3-8-20(18)27-23(16)19/h2-3,6,8-13H,4-5,7,14H2,1H3,(H3,26,28,29,31). The number of aromatic nitrogens is 1. The van der Waals surface area contributed by atoms with Crippen LogP contribution in [0.4, 0.5) is 4.79 Å². The number of amides is 3. The number of hydrogen-bond acceptors (Lipinski definition) is 6. The van der Waals surface area contributed by atoms with Crippen molar-refractivity contribution in [3.63, 3.8) is 0 Å². The first-order valence-corrected chi connectivity index (χ1v) is 10.5. The summed E-state index contributed by atoms with van der Waals surface area (Å²) in [5.74, 6) is -0.658. The highest BCUT2D eigenvalue weighted by atomic mass is 16.5. The van der Waals surface area contributed by atoms with Gasteiger partial charge in [0, 0.05) is 5.39 Å². The molecule has 0 aliphatic heterocycles. The molecular weight excluding hydrogens is 422 g/mol. The molecular formula is C25H23N3O5. The summed E-state index contributed by atoms with van der Waals surface area (Å²) in [5, 5.41) is 2.54. The number of rotatable bonds is 5. The Balaban J connectivity index is 1.75. The number of imide groups is 1. The lowest BCUT2D eigenvalue weighted by molar-refractivity contribution is -0.123. The third-order valence-electron chi connectivity index (χ3n) is 5.43. The number of para-hydroxylation sites is 1. The van der Waals surface area contributed by atoms with Crippen molar-refractivity contribution in [2.24, 2.45) is 5.73 Å². The summed E-state index contributed by atoms with van der Waals surface area (Å²) in [6.45, 7) is -0.609. The van der Waals surface area contributed by atoms with Crippen LogP contribution in [-0.4, -0.2) is 36.6 Å². The fourth-order valence-corrected chi connectivity index (χ4v) is 3.99. The number of esters is 1. The molecule has 3 N–H and O–H groups in total. The molecule has 0 radical (unpaired) electrons. The van der Waals surface area contributed by atoms with Crippen LogP contribution < -0.4 is 15.8 Å². The first kappa shape index (κ1) is 22.0. The molecule has 1 aromatic heterocycles. The van der Waals surface area contributed by atoms with Crippen LogP contribution in [0.3, 0.4) is 0 Å². The summed E-state index contributed by atoms with van der Waals surface area (Å²) >= 11 is 0. The molecule has 3 aromatic rings. The highest BCUT2D eigenvalue weighted by Gasteiger charge is 2.26. The molecule has 0 spiro atoms. The largest absolute Gasteiger partial charge is 0.497 e. The molecule has 168 valence electrons. The Morgan fingerprint density at radius 2 is 1.85 bits per heavy atom. The van der Waals surface area contributed by atoms with Crippen molar-refractivity contribution >= 4 is 40.5 Å². The van der Waals surface area contributed by atoms with Crippen LogP contribution in [0.1, 0.15) is 40.0 Å². The fraction of sp³-hybridized carbons (Fsp3) is 0.200. The number of fused-ring (bicyclic) bond motifs is 2. The van der Waals surface area contributed by atoms with Crippen molar-refractivity contribution in [3.8, 4) is 5.75 Å². The molecule has 8 heteroatoms. The second-order valence-corrected chi connectivity index (χ2v) is 7.62. The van der Waals surface area contributed by atoms with E-state index in [0.717, 1.165) is 41.0 Å². The van der Waals surface area contributed by atoms with E-state index < -0.39 is 24.5 Å². The molecule has 1 heterocycles. The van der Waals surface area contributed by atoms with Crippen LogP contribution in [-0.2, 0) is 16.0 Å². The minimum atomic E-state index is -1.00. The maximum atomic E-state index is 13.1. The zero-order valence-corrected chi connectivity index (χ0v) is 18.1. The van der Waals surface area contributed by atoms with E-state index in [4.69, 9.17) is 20.2 Å². The van der Waals surface area contributed by atoms with Crippen LogP contribution >= 0.6 is 0 Å². The van der Waals surface area contributed by atoms with E-state index in [1.165, 1.54) is 0 Å². The predicted octanol–water partition coefficient (Wildman–Crippen LogP) is 3.47. The Hall–Kier alpha value is -4.20. The number of nitrogens with one attached hydrogen (secondary N) is 1. The molecule has 1 aliphatic carbocycles. The minimum absolute atomic E-state index is 0.391. The smallest absolute Gasteiger partial charge is 0.339 e. The molecule has 8 nitrogen and oxygen atoms in total. The van der Waals surface area contributed by atoms with E-state index in [0.29, 0.717) is 22.9 Å². The van der Waals surface area contributed by atoms with Crippen molar-refractivity contribution < 1.29 is 23.9 Å². The van der Waals surface area contributed by atoms with Crippen LogP contribution in [0.25, 0.3) is 22.6 Å². The topological polar surface area (TPSA) is 121 Å². The lowest BCUT2D eigenvalue weighted by atomic mass is 9.86. The molecule has 1 aliphatic rings. The second kappa shape index (κ2) is 9.52. The molecule has 0 bridgehead atoms. The molecule has 0 unspecified atom stereocenters. The van der Waals surface area contributed by atoms with Crippen LogP contribution in [0, 0.1) is 0 Å². The Bertz CT molecular complexity index is 1270. The second-order valence-electron chi connectivity index (χ2n) is 7.62. The molecule has 3 amide bonds. The van der Waals surface area contributed by atoms with E-state index >= 15 is 0 Å². The number of carbonyl (C=O) groups is 3. The maximum Gasteiger partial charge on any atom is 0.339 e. The first-order valence-electron chi connectivity index (χ1n) is 10.5. The van der Waals surface area contributed by atoms with Gasteiger partial charge < -0.3 is 15.2 Å². The summed E-state index contributed by atoms with van der Waals surface area (Å²) in [6, 6.07) is 14.0. The number of methoxy groups -OCH3 is 1. The monoisotopic (exact) mass is 445 g/mol. The predicted molar refractivity (Wildman–Crippen MR) is 124 cm³/mol. The number of carbonyl (C=O) groups excluding carboxylic acids is 3. The van der Waals surface area contributed by atoms with Crippen LogP contribution in [0.2, 0.25) is 0 Å². The van der Waals surface area contributed by atoms with Crippen molar-refractivity contribution in [1.82, 2.24) is 10.3 Å². The Morgan fingerprint density at radius 3 is 2.58 bits per heavy atom. The van der Waals surface area contributed by atoms with Crippen molar-refractivity contribution in [2.45, 2.75) is 19.3 Å². The molecule has 4 rings (SSSR count). The summed E-state index contributed by atoms with van der Waals surface area (Å²) in [4.78, 5) is 40.5. The molecule has 0 saturated heterocycles. The first-order chi connectivity index (χ1) is 16.0. The van der Waals surface area contributed by atoms with E-state index in [9.17, 15) is 14.4 Å². The number of allylic oxidation sites excluding steroid dienone is 1. The molecule has 33 heavy (non-hydrogen) atoms. The summed E-state index contributed by atoms with van der Waals surface area (Å²) < 4.78 is 10.5. The molecule has 2 aromatic carbocycles. The van der Waals surface area contributed by atoms with Crippen molar-refractivity contribution in [3.05, 3.63) is 70.9 Å². The normalized spacial score (nSPS) is 13.9. The minimum Gasteiger partial charge on any atom is -0.497 e. The number of ether oxygens (including phenoxy) is 2. The lowest BCUT2D eigenvalue weighted by Crippen LogP contribution is -2.37. The highest BCUT2D eigenvalue weighted by Crippen LogP contribution is 2.36. The Labute approximate surface area is 190 Å². The average Bonchev–Trinajstić information content (AvgIpc) is 2.81. The zero-order chi connectivity index (χ0) is 23.4. The molecule has 0 atom stereocenters. The molecule has 0 saturated carbocycles. The van der Waals surface area contributed by atoms with Gasteiger partial charge in [0.1, 0.15) is 5.75 Å². The van der Waals surface area contributed by atoms with Gasteiger partial charge in [0.15, 0.2) is 6.61 Å². The van der Waals surface area contributed by atoms with Crippen LogP contribution in [0.5, 0.6) is 5.75 Å². The number of urea groups is 1. The number of pyridine rings is 1. The number of nitrogens with two attached hydrogens (primary N) is 1. The van der Waals surface area contributed by atoms with Gasteiger partial charge >= 0.3 is 12.0 Å². The quantitative estimate of drug-likeness (QED) is 0.580. The van der Waals surface area contributed by atoms with Crippen molar-refractivity contribution in [2.75, 3.05) is 13.7 Å². The van der Waals surface area contributed by atoms with E-state index in [2.05, 4.69) is 6.08 Å². The summed E-state index contributed by atoms with van der Waals surface area (Å²) in [6.07, 6.45) is 4.39. The Kier molecular flexibility index (Phi) is 6.35. The SMILES string of the molecule is COc1ccc(C=C2CCCc3c2nc2ccccc2c3C(=O)OCC(=O)NC(N)=O)cc1. The van der Waals surface area contributed by atoms with Gasteiger partial charge in [-0.1, -0.05) is 30.3 Å². The number of benzene rings is 2. The van der Waals surface area contributed by atoms with E-state index in [-0.39, 0.29) is 0 Å². The third kappa shape index (κ3) is 4.85. The van der Waals surface area contributed by atoms with Gasteiger partial charge in [-0.15, -0.1) is 0 Å². The summed E-state index contributed by atoms with van der Waals surface area (Å²) in [5.41, 5.74) is 9.56. The highest BCUT2D eigenvalue weighted by molar-refractivity contribution is 6.07. The van der Waals surface area contributed by atoms with E-state index in [1.54, 1.807) is 7.11 Å². The van der Waals surface area contributed by atoms with Gasteiger partial charge in [-0.05, 0) is 60.2 Å². The average molecular weight is 445 g/mol. The fourth-order valence-electron chi connectivity index (χ4n) is 3.99. The van der Waals surface area contributed by atoms with Gasteiger partial charge in [0.25, 0.3) is 5.91 Å². The van der Waals surface area contributed by atoms with Crippen LogP contribution in [0.15, 0.2) is 48.5 Å². The van der Waals surface area contributed by atoms with Gasteiger partial charge in [0.05, 0.1) is 23.9 Å². The van der Waals surface area contributed by atoms with Gasteiger partial charge in [0.2, 0.25) is 0 Å². The Morgan fingerprint density at radius 1 is 1.09 bits per heavy atom. The maximum absolute atomic E-state index is 13.1. The lowest BCUT2D eigenvalue weighted by Gasteiger charge is -2.22. The zero-order valence-electron chi connectivity index (χ0n) is 18.1. The number of primary amides is 1.